The fraction of sp³-hybridized carbons (Fsp3) is 0.667. The Hall–Kier alpha value is -1.32. The average Bonchev–Trinajstić information content (AvgIpc) is 2.21. The first-order chi connectivity index (χ1) is 7.35. The smallest absolute Gasteiger partial charge is 0.134 e. The average molecular weight is 222 g/mol. The largest absolute Gasteiger partial charge is 0.383 e. The Labute approximate surface area is 97.7 Å². The Morgan fingerprint density at radius 2 is 1.88 bits per heavy atom. The molecule has 90 valence electrons. The molecule has 4 nitrogen and oxygen atoms in total. The van der Waals surface area contributed by atoms with Crippen molar-refractivity contribution in [2.45, 2.75) is 41.0 Å². The Morgan fingerprint density at radius 3 is 2.44 bits per heavy atom. The monoisotopic (exact) mass is 222 g/mol. The fourth-order valence-corrected chi connectivity index (χ4v) is 1.27. The summed E-state index contributed by atoms with van der Waals surface area (Å²) in [6.45, 7) is 11.3. The zero-order valence-electron chi connectivity index (χ0n) is 10.9. The molecule has 0 bridgehead atoms. The molecule has 0 amide bonds. The Bertz CT molecular complexity index is 372. The van der Waals surface area contributed by atoms with Gasteiger partial charge in [-0.25, -0.2) is 9.97 Å². The van der Waals surface area contributed by atoms with E-state index in [9.17, 15) is 0 Å². The van der Waals surface area contributed by atoms with Crippen molar-refractivity contribution in [2.75, 3.05) is 17.6 Å². The van der Waals surface area contributed by atoms with Gasteiger partial charge in [-0.15, -0.1) is 0 Å². The van der Waals surface area contributed by atoms with E-state index in [4.69, 9.17) is 5.73 Å². The number of aryl methyl sites for hydroxylation is 1. The van der Waals surface area contributed by atoms with Crippen LogP contribution in [0.5, 0.6) is 0 Å². The number of hydrogen-bond acceptors (Lipinski definition) is 4. The lowest BCUT2D eigenvalue weighted by Crippen LogP contribution is -2.23. The highest BCUT2D eigenvalue weighted by Gasteiger charge is 2.16. The summed E-state index contributed by atoms with van der Waals surface area (Å²) < 4.78 is 0. The number of nitrogens with zero attached hydrogens (tertiary/aromatic N) is 2. The number of aromatic nitrogens is 2. The lowest BCUT2D eigenvalue weighted by atomic mass is 9.90. The van der Waals surface area contributed by atoms with Crippen LogP contribution in [0.15, 0.2) is 0 Å². The van der Waals surface area contributed by atoms with Gasteiger partial charge in [0.1, 0.15) is 17.5 Å². The Kier molecular flexibility index (Phi) is 3.73. The molecular formula is C12H22N4. The van der Waals surface area contributed by atoms with E-state index < -0.39 is 0 Å². The fourth-order valence-electron chi connectivity index (χ4n) is 1.27. The summed E-state index contributed by atoms with van der Waals surface area (Å²) >= 11 is 0. The molecule has 0 atom stereocenters. The van der Waals surface area contributed by atoms with Crippen LogP contribution in [0, 0.1) is 19.3 Å². The van der Waals surface area contributed by atoms with Crippen molar-refractivity contribution in [3.05, 3.63) is 11.4 Å². The van der Waals surface area contributed by atoms with Crippen molar-refractivity contribution < 1.29 is 0 Å². The van der Waals surface area contributed by atoms with Gasteiger partial charge in [-0.2, -0.15) is 0 Å². The van der Waals surface area contributed by atoms with Crippen LogP contribution in [-0.4, -0.2) is 16.5 Å². The topological polar surface area (TPSA) is 63.8 Å². The second-order valence-corrected chi connectivity index (χ2v) is 5.00. The number of hydrogen-bond donors (Lipinski definition) is 2. The van der Waals surface area contributed by atoms with Gasteiger partial charge < -0.3 is 11.1 Å². The highest BCUT2D eigenvalue weighted by molar-refractivity contribution is 5.54. The van der Waals surface area contributed by atoms with Gasteiger partial charge in [0, 0.05) is 12.1 Å². The lowest BCUT2D eigenvalue weighted by Gasteiger charge is -2.24. The first kappa shape index (κ1) is 12.7. The molecule has 0 aliphatic heterocycles. The van der Waals surface area contributed by atoms with E-state index >= 15 is 0 Å². The minimum absolute atomic E-state index is 0.264. The predicted octanol–water partition coefficient (Wildman–Crippen LogP) is 2.52. The van der Waals surface area contributed by atoms with E-state index in [2.05, 4.69) is 36.1 Å². The third-order valence-corrected chi connectivity index (χ3v) is 2.99. The van der Waals surface area contributed by atoms with Crippen molar-refractivity contribution >= 4 is 11.6 Å². The molecule has 1 rings (SSSR count). The van der Waals surface area contributed by atoms with Crippen LogP contribution in [-0.2, 0) is 0 Å². The zero-order chi connectivity index (χ0) is 12.3. The molecule has 0 aromatic carbocycles. The van der Waals surface area contributed by atoms with E-state index in [1.54, 1.807) is 0 Å². The normalized spacial score (nSPS) is 11.6. The van der Waals surface area contributed by atoms with Crippen LogP contribution >= 0.6 is 0 Å². The van der Waals surface area contributed by atoms with Gasteiger partial charge in [-0.3, -0.25) is 0 Å². The van der Waals surface area contributed by atoms with Gasteiger partial charge in [0.15, 0.2) is 0 Å². The summed E-state index contributed by atoms with van der Waals surface area (Å²) in [6, 6.07) is 0. The highest BCUT2D eigenvalue weighted by atomic mass is 15.1. The molecule has 3 N–H and O–H groups in total. The summed E-state index contributed by atoms with van der Waals surface area (Å²) in [7, 11) is 0. The van der Waals surface area contributed by atoms with Crippen molar-refractivity contribution in [1.29, 1.82) is 0 Å². The minimum Gasteiger partial charge on any atom is -0.383 e. The van der Waals surface area contributed by atoms with E-state index in [-0.39, 0.29) is 5.41 Å². The number of rotatable bonds is 4. The van der Waals surface area contributed by atoms with Crippen LogP contribution < -0.4 is 11.1 Å². The van der Waals surface area contributed by atoms with Gasteiger partial charge in [0.2, 0.25) is 0 Å². The molecule has 0 fully saturated rings. The maximum atomic E-state index is 5.80. The van der Waals surface area contributed by atoms with Gasteiger partial charge in [-0.05, 0) is 25.7 Å². The summed E-state index contributed by atoms with van der Waals surface area (Å²) in [5.74, 6) is 2.12. The Morgan fingerprint density at radius 1 is 1.25 bits per heavy atom. The molecule has 0 aliphatic rings. The summed E-state index contributed by atoms with van der Waals surface area (Å²) in [4.78, 5) is 8.49. The molecule has 0 radical (unpaired) electrons. The first-order valence-corrected chi connectivity index (χ1v) is 5.70. The molecule has 0 unspecified atom stereocenters. The number of nitrogens with two attached hydrogens (primary N) is 1. The van der Waals surface area contributed by atoms with Gasteiger partial charge >= 0.3 is 0 Å². The highest BCUT2D eigenvalue weighted by Crippen LogP contribution is 2.22. The molecule has 4 heteroatoms. The van der Waals surface area contributed by atoms with Gasteiger partial charge in [0.25, 0.3) is 0 Å². The Balaban J connectivity index is 2.82. The van der Waals surface area contributed by atoms with Gasteiger partial charge in [-0.1, -0.05) is 20.8 Å². The van der Waals surface area contributed by atoms with Crippen molar-refractivity contribution in [3.63, 3.8) is 0 Å². The standard InChI is InChI=1S/C12H22N4/c1-6-12(4,5)7-14-11-8(2)10(13)15-9(3)16-11/h6-7H2,1-5H3,(H3,13,14,15,16). The van der Waals surface area contributed by atoms with Crippen molar-refractivity contribution in [3.8, 4) is 0 Å². The van der Waals surface area contributed by atoms with E-state index in [1.165, 1.54) is 0 Å². The molecule has 0 saturated heterocycles. The number of nitrogen functional groups attached to an aromatic ring is 1. The predicted molar refractivity (Wildman–Crippen MR) is 68.5 cm³/mol. The van der Waals surface area contributed by atoms with Gasteiger partial charge in [0.05, 0.1) is 0 Å². The van der Waals surface area contributed by atoms with Crippen molar-refractivity contribution in [2.24, 2.45) is 5.41 Å². The first-order valence-electron chi connectivity index (χ1n) is 5.70. The van der Waals surface area contributed by atoms with E-state index in [1.807, 2.05) is 13.8 Å². The van der Waals surface area contributed by atoms with E-state index in [0.717, 1.165) is 24.3 Å². The third kappa shape index (κ3) is 3.08. The van der Waals surface area contributed by atoms with Crippen LogP contribution in [0.3, 0.4) is 0 Å². The molecule has 0 spiro atoms. The molecule has 1 aromatic rings. The zero-order valence-corrected chi connectivity index (χ0v) is 10.9. The third-order valence-electron chi connectivity index (χ3n) is 2.99. The quantitative estimate of drug-likeness (QED) is 0.821. The second kappa shape index (κ2) is 4.68. The second-order valence-electron chi connectivity index (χ2n) is 5.00. The molecular weight excluding hydrogens is 200 g/mol. The summed E-state index contributed by atoms with van der Waals surface area (Å²) in [6.07, 6.45) is 1.12. The number of nitrogens with one attached hydrogen (secondary N) is 1. The molecule has 0 aliphatic carbocycles. The van der Waals surface area contributed by atoms with Crippen LogP contribution in [0.1, 0.15) is 38.6 Å². The molecule has 16 heavy (non-hydrogen) atoms. The van der Waals surface area contributed by atoms with E-state index in [0.29, 0.717) is 11.6 Å². The van der Waals surface area contributed by atoms with Crippen LogP contribution in [0.25, 0.3) is 0 Å². The van der Waals surface area contributed by atoms with Crippen LogP contribution in [0.2, 0.25) is 0 Å². The SMILES string of the molecule is CCC(C)(C)CNc1nc(C)nc(N)c1C. The maximum absolute atomic E-state index is 5.80. The minimum atomic E-state index is 0.264. The molecule has 1 aromatic heterocycles. The van der Waals surface area contributed by atoms with Crippen LogP contribution in [0.4, 0.5) is 11.6 Å². The summed E-state index contributed by atoms with van der Waals surface area (Å²) in [5, 5.41) is 3.35. The lowest BCUT2D eigenvalue weighted by molar-refractivity contribution is 0.376. The number of anilines is 2. The summed E-state index contributed by atoms with van der Waals surface area (Å²) in [5.41, 5.74) is 6.99. The maximum Gasteiger partial charge on any atom is 0.134 e. The van der Waals surface area contributed by atoms with Crippen molar-refractivity contribution in [1.82, 2.24) is 9.97 Å². The molecule has 0 saturated carbocycles. The molecule has 1 heterocycles.